The third kappa shape index (κ3) is 9.98. The largest absolute Gasteiger partial charge is 0.463 e. The fourth-order valence-corrected chi connectivity index (χ4v) is 6.16. The highest BCUT2D eigenvalue weighted by molar-refractivity contribution is 5.82. The second kappa shape index (κ2) is 17.2. The Labute approximate surface area is 296 Å². The third-order valence-corrected chi connectivity index (χ3v) is 8.43. The first-order valence-electron chi connectivity index (χ1n) is 16.8. The van der Waals surface area contributed by atoms with E-state index in [2.05, 4.69) is 40.4 Å². The summed E-state index contributed by atoms with van der Waals surface area (Å²) in [4.78, 5) is 61.1. The fraction of sp³-hybridized carbons (Fsp3) is 0.421. The summed E-state index contributed by atoms with van der Waals surface area (Å²) in [7, 11) is 0. The molecular weight excluding hydrogens is 658 g/mol. The van der Waals surface area contributed by atoms with Gasteiger partial charge in [0.25, 0.3) is 6.29 Å². The van der Waals surface area contributed by atoms with Gasteiger partial charge in [-0.15, -0.1) is 0 Å². The summed E-state index contributed by atoms with van der Waals surface area (Å²) in [5.74, 6) is -2.78. The third-order valence-electron chi connectivity index (χ3n) is 8.43. The Morgan fingerprint density at radius 2 is 1.41 bits per heavy atom. The number of fused-ring (bicyclic) bond motifs is 1. The average Bonchev–Trinajstić information content (AvgIpc) is 3.10. The molecule has 1 fully saturated rings. The van der Waals surface area contributed by atoms with E-state index < -0.39 is 54.6 Å². The van der Waals surface area contributed by atoms with Gasteiger partial charge in [-0.25, -0.2) is 0 Å². The van der Waals surface area contributed by atoms with Crippen molar-refractivity contribution in [3.05, 3.63) is 78.0 Å². The molecule has 0 N–H and O–H groups in total. The van der Waals surface area contributed by atoms with E-state index in [0.717, 1.165) is 54.9 Å². The van der Waals surface area contributed by atoms with E-state index >= 15 is 0 Å². The van der Waals surface area contributed by atoms with E-state index in [1.165, 1.54) is 19.4 Å². The highest BCUT2D eigenvalue weighted by Gasteiger charge is 2.53. The summed E-state index contributed by atoms with van der Waals surface area (Å²) < 4.78 is 27.4. The van der Waals surface area contributed by atoms with E-state index in [1.807, 2.05) is 36.4 Å². The first-order valence-corrected chi connectivity index (χ1v) is 16.8. The average molecular weight is 702 g/mol. The van der Waals surface area contributed by atoms with Crippen molar-refractivity contribution in [1.29, 1.82) is 0 Å². The lowest BCUT2D eigenvalue weighted by Crippen LogP contribution is -2.62. The molecule has 1 aromatic heterocycles. The van der Waals surface area contributed by atoms with Gasteiger partial charge >= 0.3 is 23.9 Å². The van der Waals surface area contributed by atoms with Gasteiger partial charge in [0.05, 0.1) is 11.4 Å². The quantitative estimate of drug-likeness (QED) is 0.112. The SMILES string of the molecule is CC(=O)OC[C@H]1O[C@@H](O/N=C(\C)CCN2CCc3nc(-c4ccccc4)c(-c4ccccc4)cc3C2)[C@H](OC(C)=O)[C@@H](OC(C)=O)[C@@H]1OC(C)=O. The molecule has 2 aliphatic heterocycles. The second-order valence-corrected chi connectivity index (χ2v) is 12.5. The van der Waals surface area contributed by atoms with Crippen LogP contribution in [0.2, 0.25) is 0 Å². The van der Waals surface area contributed by atoms with Gasteiger partial charge in [0.2, 0.25) is 6.10 Å². The van der Waals surface area contributed by atoms with Gasteiger partial charge in [0.1, 0.15) is 12.7 Å². The minimum Gasteiger partial charge on any atom is -0.463 e. The number of hydrogen-bond acceptors (Lipinski definition) is 13. The Kier molecular flexibility index (Phi) is 12.5. The molecule has 2 aliphatic rings. The molecular formula is C38H43N3O10. The number of aromatic nitrogens is 1. The molecule has 0 amide bonds. The van der Waals surface area contributed by atoms with Crippen LogP contribution >= 0.6 is 0 Å². The molecule has 0 spiro atoms. The number of carbonyl (C=O) groups is 4. The van der Waals surface area contributed by atoms with Crippen LogP contribution in [0, 0.1) is 0 Å². The smallest absolute Gasteiger partial charge is 0.303 e. The van der Waals surface area contributed by atoms with Gasteiger partial charge in [-0.05, 0) is 24.1 Å². The van der Waals surface area contributed by atoms with Gasteiger partial charge in [0.15, 0.2) is 12.2 Å². The minimum absolute atomic E-state index is 0.357. The van der Waals surface area contributed by atoms with Crippen LogP contribution in [-0.2, 0) is 60.7 Å². The number of carbonyl (C=O) groups excluding carboxylic acids is 4. The normalized spacial score (nSPS) is 21.9. The highest BCUT2D eigenvalue weighted by atomic mass is 16.8. The Morgan fingerprint density at radius 1 is 0.804 bits per heavy atom. The second-order valence-electron chi connectivity index (χ2n) is 12.5. The Morgan fingerprint density at radius 3 is 2.04 bits per heavy atom. The number of pyridine rings is 1. The number of rotatable bonds is 12. The van der Waals surface area contributed by atoms with Gasteiger partial charge < -0.3 is 28.5 Å². The van der Waals surface area contributed by atoms with Crippen molar-refractivity contribution in [1.82, 2.24) is 9.88 Å². The topological polar surface area (TPSA) is 152 Å². The predicted octanol–water partition coefficient (Wildman–Crippen LogP) is 4.64. The zero-order valence-corrected chi connectivity index (χ0v) is 29.4. The molecule has 51 heavy (non-hydrogen) atoms. The molecule has 2 aromatic carbocycles. The molecule has 0 saturated carbocycles. The maximum atomic E-state index is 12.1. The summed E-state index contributed by atoms with van der Waals surface area (Å²) in [5.41, 5.74) is 7.10. The highest BCUT2D eigenvalue weighted by Crippen LogP contribution is 2.34. The van der Waals surface area contributed by atoms with Crippen molar-refractivity contribution >= 4 is 29.6 Å². The molecule has 1 saturated heterocycles. The van der Waals surface area contributed by atoms with Crippen molar-refractivity contribution in [2.45, 2.75) is 84.7 Å². The maximum Gasteiger partial charge on any atom is 0.303 e. The number of oxime groups is 1. The number of hydrogen-bond donors (Lipinski definition) is 0. The van der Waals surface area contributed by atoms with Crippen molar-refractivity contribution < 1.29 is 47.7 Å². The lowest BCUT2D eigenvalue weighted by atomic mass is 9.94. The zero-order valence-electron chi connectivity index (χ0n) is 29.4. The number of ether oxygens (including phenoxy) is 5. The number of benzene rings is 2. The van der Waals surface area contributed by atoms with Crippen LogP contribution in [0.3, 0.4) is 0 Å². The van der Waals surface area contributed by atoms with E-state index in [-0.39, 0.29) is 6.61 Å². The number of esters is 4. The Bertz CT molecular complexity index is 1730. The van der Waals surface area contributed by atoms with Crippen LogP contribution in [0.1, 0.15) is 52.3 Å². The van der Waals surface area contributed by atoms with Crippen LogP contribution in [0.15, 0.2) is 71.9 Å². The molecule has 0 aliphatic carbocycles. The van der Waals surface area contributed by atoms with Gasteiger partial charge in [-0.1, -0.05) is 65.8 Å². The van der Waals surface area contributed by atoms with Crippen LogP contribution in [-0.4, -0.2) is 89.9 Å². The molecule has 3 aromatic rings. The van der Waals surface area contributed by atoms with E-state index in [4.69, 9.17) is 33.5 Å². The van der Waals surface area contributed by atoms with Gasteiger partial charge in [-0.3, -0.25) is 29.1 Å². The molecule has 5 atom stereocenters. The first kappa shape index (κ1) is 37.1. The molecule has 3 heterocycles. The summed E-state index contributed by atoms with van der Waals surface area (Å²) in [5, 5.41) is 4.27. The summed E-state index contributed by atoms with van der Waals surface area (Å²) >= 11 is 0. The van der Waals surface area contributed by atoms with E-state index in [0.29, 0.717) is 25.2 Å². The Hall–Kier alpha value is -5.14. The standard InChI is InChI=1S/C38H43N3O10/c1-23(40-51-38-37(49-27(5)45)36(48-26(4)44)35(47-25(3)43)33(50-38)22-46-24(2)42)16-18-41-19-17-32-30(21-41)20-31(28-12-8-6-9-13-28)34(39-32)29-14-10-7-11-15-29/h6-15,20,33,35-38H,16-19,21-22H2,1-5H3/b40-23+/t33-,35-,36+,37-,38+/m1/s1. The van der Waals surface area contributed by atoms with Gasteiger partial charge in [0, 0.05) is 77.0 Å². The van der Waals surface area contributed by atoms with Crippen molar-refractivity contribution in [2.24, 2.45) is 5.16 Å². The first-order chi connectivity index (χ1) is 24.5. The molecule has 5 rings (SSSR count). The summed E-state index contributed by atoms with van der Waals surface area (Å²) in [6.45, 7) is 8.33. The molecule has 0 radical (unpaired) electrons. The molecule has 13 nitrogen and oxygen atoms in total. The van der Waals surface area contributed by atoms with Crippen molar-refractivity contribution in [3.8, 4) is 22.4 Å². The molecule has 0 unspecified atom stereocenters. The predicted molar refractivity (Wildman–Crippen MR) is 185 cm³/mol. The monoisotopic (exact) mass is 701 g/mol. The summed E-state index contributed by atoms with van der Waals surface area (Å²) in [6.07, 6.45) is -5.14. The number of nitrogens with zero attached hydrogens (tertiary/aromatic N) is 3. The molecule has 270 valence electrons. The van der Waals surface area contributed by atoms with Crippen molar-refractivity contribution in [3.63, 3.8) is 0 Å². The van der Waals surface area contributed by atoms with Crippen LogP contribution in [0.4, 0.5) is 0 Å². The fourth-order valence-electron chi connectivity index (χ4n) is 6.16. The summed E-state index contributed by atoms with van der Waals surface area (Å²) in [6, 6.07) is 22.7. The zero-order chi connectivity index (χ0) is 36.5. The Balaban J connectivity index is 1.30. The van der Waals surface area contributed by atoms with Crippen LogP contribution in [0.25, 0.3) is 22.4 Å². The van der Waals surface area contributed by atoms with Crippen LogP contribution < -0.4 is 0 Å². The van der Waals surface area contributed by atoms with Crippen LogP contribution in [0.5, 0.6) is 0 Å². The molecule has 0 bridgehead atoms. The lowest BCUT2D eigenvalue weighted by molar-refractivity contribution is -0.308. The lowest BCUT2D eigenvalue weighted by Gasteiger charge is -2.43. The van der Waals surface area contributed by atoms with Crippen molar-refractivity contribution in [2.75, 3.05) is 19.7 Å². The van der Waals surface area contributed by atoms with Gasteiger partial charge in [-0.2, -0.15) is 0 Å². The van der Waals surface area contributed by atoms with E-state index in [9.17, 15) is 19.2 Å². The minimum atomic E-state index is -1.39. The molecule has 13 heteroatoms. The maximum absolute atomic E-state index is 12.1. The van der Waals surface area contributed by atoms with E-state index in [1.54, 1.807) is 6.92 Å².